The number of thiocarbonyl (C=S) groups is 1. The molecule has 4 nitrogen and oxygen atoms in total. The third-order valence-corrected chi connectivity index (χ3v) is 4.88. The first-order valence-electron chi connectivity index (χ1n) is 5.51. The van der Waals surface area contributed by atoms with E-state index in [0.29, 0.717) is 29.5 Å². The van der Waals surface area contributed by atoms with E-state index in [-0.39, 0.29) is 12.4 Å². The standard InChI is InChI=1S/C11H18N2O2S3/c1-11(8-13,18-10(16)17-2)5-4-9(14)15-7-3-6-12/h3-7,12H2,1-2H3. The Morgan fingerprint density at radius 2 is 2.28 bits per heavy atom. The molecule has 0 saturated heterocycles. The second-order valence-electron chi connectivity index (χ2n) is 3.76. The molecule has 0 amide bonds. The number of esters is 1. The number of hydrogen-bond acceptors (Lipinski definition) is 7. The van der Waals surface area contributed by atoms with Gasteiger partial charge in [0.25, 0.3) is 0 Å². The van der Waals surface area contributed by atoms with Gasteiger partial charge in [-0.1, -0.05) is 24.0 Å². The Morgan fingerprint density at radius 3 is 2.78 bits per heavy atom. The molecule has 0 heterocycles. The van der Waals surface area contributed by atoms with Gasteiger partial charge in [0, 0.05) is 6.42 Å². The number of thioether (sulfide) groups is 2. The molecule has 1 atom stereocenters. The monoisotopic (exact) mass is 306 g/mol. The maximum atomic E-state index is 11.4. The van der Waals surface area contributed by atoms with E-state index in [9.17, 15) is 4.79 Å². The summed E-state index contributed by atoms with van der Waals surface area (Å²) in [4.78, 5) is 11.4. The molecule has 0 aliphatic heterocycles. The zero-order chi connectivity index (χ0) is 14.0. The molecule has 0 aliphatic rings. The predicted octanol–water partition coefficient (Wildman–Crippen LogP) is 2.32. The quantitative estimate of drug-likeness (QED) is 0.439. The fraction of sp³-hybridized carbons (Fsp3) is 0.727. The fourth-order valence-electron chi connectivity index (χ4n) is 1.04. The molecular formula is C11H18N2O2S3. The van der Waals surface area contributed by atoms with E-state index in [1.54, 1.807) is 6.92 Å². The summed E-state index contributed by atoms with van der Waals surface area (Å²) in [7, 11) is 0. The van der Waals surface area contributed by atoms with E-state index in [4.69, 9.17) is 28.0 Å². The highest BCUT2D eigenvalue weighted by Gasteiger charge is 2.27. The lowest BCUT2D eigenvalue weighted by Gasteiger charge is -2.19. The van der Waals surface area contributed by atoms with Gasteiger partial charge >= 0.3 is 5.97 Å². The molecule has 0 rings (SSSR count). The van der Waals surface area contributed by atoms with Gasteiger partial charge in [-0.3, -0.25) is 4.79 Å². The van der Waals surface area contributed by atoms with Crippen LogP contribution in [0.2, 0.25) is 0 Å². The maximum Gasteiger partial charge on any atom is 0.305 e. The molecule has 18 heavy (non-hydrogen) atoms. The molecule has 1 unspecified atom stereocenters. The number of nitrogens with zero attached hydrogens (tertiary/aromatic N) is 1. The van der Waals surface area contributed by atoms with E-state index in [1.807, 2.05) is 6.26 Å². The minimum absolute atomic E-state index is 0.221. The van der Waals surface area contributed by atoms with Crippen molar-refractivity contribution in [1.29, 1.82) is 5.26 Å². The van der Waals surface area contributed by atoms with Crippen LogP contribution in [0.25, 0.3) is 0 Å². The van der Waals surface area contributed by atoms with Crippen molar-refractivity contribution in [3.05, 3.63) is 0 Å². The van der Waals surface area contributed by atoms with Gasteiger partial charge in [0.1, 0.15) is 8.28 Å². The minimum Gasteiger partial charge on any atom is -0.466 e. The molecule has 0 radical (unpaired) electrons. The van der Waals surface area contributed by atoms with Gasteiger partial charge in [-0.25, -0.2) is 0 Å². The topological polar surface area (TPSA) is 76.1 Å². The number of carbonyl (C=O) groups excluding carboxylic acids is 1. The average molecular weight is 306 g/mol. The van der Waals surface area contributed by atoms with Gasteiger partial charge in [-0.05, 0) is 32.6 Å². The second kappa shape index (κ2) is 9.62. The molecule has 0 spiro atoms. The van der Waals surface area contributed by atoms with Crippen LogP contribution in [0.4, 0.5) is 0 Å². The van der Waals surface area contributed by atoms with Crippen LogP contribution in [-0.2, 0) is 9.53 Å². The smallest absolute Gasteiger partial charge is 0.305 e. The van der Waals surface area contributed by atoms with Crippen LogP contribution in [0.1, 0.15) is 26.2 Å². The molecule has 2 N–H and O–H groups in total. The average Bonchev–Trinajstić information content (AvgIpc) is 2.36. The third kappa shape index (κ3) is 7.93. The highest BCUT2D eigenvalue weighted by Crippen LogP contribution is 2.33. The summed E-state index contributed by atoms with van der Waals surface area (Å²) in [6, 6.07) is 2.20. The number of rotatable bonds is 7. The number of nitrogens with two attached hydrogens (primary N) is 1. The molecule has 0 aromatic heterocycles. The maximum absolute atomic E-state index is 11.4. The Hall–Kier alpha value is -0.290. The van der Waals surface area contributed by atoms with Crippen molar-refractivity contribution in [2.45, 2.75) is 30.9 Å². The van der Waals surface area contributed by atoms with Crippen molar-refractivity contribution >= 4 is 45.2 Å². The van der Waals surface area contributed by atoms with Gasteiger partial charge < -0.3 is 10.5 Å². The van der Waals surface area contributed by atoms with E-state index < -0.39 is 4.75 Å². The van der Waals surface area contributed by atoms with Crippen molar-refractivity contribution < 1.29 is 9.53 Å². The Bertz CT molecular complexity index is 331. The van der Waals surface area contributed by atoms with Crippen molar-refractivity contribution in [3.63, 3.8) is 0 Å². The van der Waals surface area contributed by atoms with Crippen LogP contribution in [-0.4, -0.2) is 33.7 Å². The van der Waals surface area contributed by atoms with Crippen molar-refractivity contribution in [1.82, 2.24) is 0 Å². The normalized spacial score (nSPS) is 13.4. The molecule has 7 heteroatoms. The summed E-state index contributed by atoms with van der Waals surface area (Å²) < 4.78 is 5.01. The molecule has 0 fully saturated rings. The molecule has 0 saturated carbocycles. The molecule has 0 aliphatic carbocycles. The minimum atomic E-state index is -0.674. The summed E-state index contributed by atoms with van der Waals surface area (Å²) in [6.07, 6.45) is 3.18. The summed E-state index contributed by atoms with van der Waals surface area (Å²) in [5.74, 6) is -0.291. The number of ether oxygens (including phenoxy) is 1. The third-order valence-electron chi connectivity index (χ3n) is 2.13. The van der Waals surface area contributed by atoms with E-state index in [2.05, 4.69) is 6.07 Å². The first-order valence-corrected chi connectivity index (χ1v) is 7.96. The number of hydrogen-bond donors (Lipinski definition) is 1. The summed E-state index contributed by atoms with van der Waals surface area (Å²) in [5.41, 5.74) is 5.30. The highest BCUT2D eigenvalue weighted by molar-refractivity contribution is 8.47. The molecule has 102 valence electrons. The Kier molecular flexibility index (Phi) is 9.46. The summed E-state index contributed by atoms with van der Waals surface area (Å²) >= 11 is 7.83. The van der Waals surface area contributed by atoms with E-state index in [1.165, 1.54) is 23.5 Å². The number of nitriles is 1. The summed E-state index contributed by atoms with van der Waals surface area (Å²) in [5, 5.41) is 9.15. The van der Waals surface area contributed by atoms with Gasteiger partial charge in [-0.2, -0.15) is 5.26 Å². The SMILES string of the molecule is CSC(=S)SC(C)(C#N)CCC(=O)OCCCN. The fourth-order valence-corrected chi connectivity index (χ4v) is 3.09. The Balaban J connectivity index is 4.10. The zero-order valence-corrected chi connectivity index (χ0v) is 13.1. The van der Waals surface area contributed by atoms with Gasteiger partial charge in [0.05, 0.1) is 12.7 Å². The zero-order valence-electron chi connectivity index (χ0n) is 10.6. The van der Waals surface area contributed by atoms with Crippen molar-refractivity contribution in [2.24, 2.45) is 5.73 Å². The van der Waals surface area contributed by atoms with Crippen LogP contribution in [0.3, 0.4) is 0 Å². The van der Waals surface area contributed by atoms with Gasteiger partial charge in [-0.15, -0.1) is 11.8 Å². The Labute approximate surface area is 122 Å². The first kappa shape index (κ1) is 17.7. The summed E-state index contributed by atoms with van der Waals surface area (Å²) in [6.45, 7) is 2.63. The molecule has 0 bridgehead atoms. The number of carbonyl (C=O) groups is 1. The lowest BCUT2D eigenvalue weighted by atomic mass is 10.1. The predicted molar refractivity (Wildman–Crippen MR) is 81.6 cm³/mol. The van der Waals surface area contributed by atoms with Gasteiger partial charge in [0.2, 0.25) is 0 Å². The molecular weight excluding hydrogens is 288 g/mol. The van der Waals surface area contributed by atoms with Crippen LogP contribution in [0.15, 0.2) is 0 Å². The largest absolute Gasteiger partial charge is 0.466 e. The Morgan fingerprint density at radius 1 is 1.61 bits per heavy atom. The lowest BCUT2D eigenvalue weighted by Crippen LogP contribution is -2.21. The van der Waals surface area contributed by atoms with Crippen molar-refractivity contribution in [3.8, 4) is 6.07 Å². The lowest BCUT2D eigenvalue weighted by molar-refractivity contribution is -0.143. The van der Waals surface area contributed by atoms with Crippen LogP contribution < -0.4 is 5.73 Å². The van der Waals surface area contributed by atoms with Crippen LogP contribution in [0.5, 0.6) is 0 Å². The van der Waals surface area contributed by atoms with E-state index in [0.717, 1.165) is 0 Å². The first-order chi connectivity index (χ1) is 8.47. The van der Waals surface area contributed by atoms with Crippen LogP contribution >= 0.6 is 35.7 Å². The second-order valence-corrected chi connectivity index (χ2v) is 7.27. The van der Waals surface area contributed by atoms with Crippen molar-refractivity contribution in [2.75, 3.05) is 19.4 Å². The van der Waals surface area contributed by atoms with Crippen LogP contribution in [0, 0.1) is 11.3 Å². The molecule has 0 aromatic rings. The highest BCUT2D eigenvalue weighted by atomic mass is 32.2. The van der Waals surface area contributed by atoms with E-state index >= 15 is 0 Å². The van der Waals surface area contributed by atoms with Gasteiger partial charge in [0.15, 0.2) is 0 Å². The molecule has 0 aromatic carbocycles.